The predicted molar refractivity (Wildman–Crippen MR) is 73.5 cm³/mol. The summed E-state index contributed by atoms with van der Waals surface area (Å²) in [6, 6.07) is 0.0425. The van der Waals surface area contributed by atoms with Crippen LogP contribution in [0.4, 0.5) is 0 Å². The first kappa shape index (κ1) is 13.5. The molecule has 2 rings (SSSR count). The van der Waals surface area contributed by atoms with Crippen LogP contribution in [0.5, 0.6) is 0 Å². The van der Waals surface area contributed by atoms with Crippen molar-refractivity contribution in [3.05, 3.63) is 16.1 Å². The van der Waals surface area contributed by atoms with Crippen molar-refractivity contribution in [1.29, 1.82) is 0 Å². The highest BCUT2D eigenvalue weighted by Crippen LogP contribution is 2.22. The fourth-order valence-corrected chi connectivity index (χ4v) is 3.20. The Morgan fingerprint density at radius 1 is 1.56 bits per heavy atom. The molecule has 1 aliphatic carbocycles. The Balaban J connectivity index is 1.74. The van der Waals surface area contributed by atoms with Gasteiger partial charge >= 0.3 is 0 Å². The van der Waals surface area contributed by atoms with Gasteiger partial charge in [-0.15, -0.1) is 11.3 Å². The maximum Gasteiger partial charge on any atom is 0.224 e. The maximum absolute atomic E-state index is 12.0. The van der Waals surface area contributed by atoms with Crippen LogP contribution in [0.15, 0.2) is 5.38 Å². The van der Waals surface area contributed by atoms with Crippen molar-refractivity contribution in [3.8, 4) is 0 Å². The molecule has 100 valence electrons. The van der Waals surface area contributed by atoms with Gasteiger partial charge in [-0.25, -0.2) is 4.98 Å². The van der Waals surface area contributed by atoms with Crippen LogP contribution in [0, 0.1) is 12.8 Å². The van der Waals surface area contributed by atoms with Crippen molar-refractivity contribution in [2.75, 3.05) is 6.54 Å². The Bertz CT molecular complexity index is 405. The zero-order valence-corrected chi connectivity index (χ0v) is 11.6. The molecule has 1 saturated carbocycles. The van der Waals surface area contributed by atoms with E-state index in [-0.39, 0.29) is 17.9 Å². The van der Waals surface area contributed by atoms with Crippen LogP contribution in [0.1, 0.15) is 36.4 Å². The largest absolute Gasteiger partial charge is 0.355 e. The van der Waals surface area contributed by atoms with Crippen LogP contribution in [0.3, 0.4) is 0 Å². The summed E-state index contributed by atoms with van der Waals surface area (Å²) in [5.74, 6) is 0.132. The Morgan fingerprint density at radius 3 is 3.00 bits per heavy atom. The SMILES string of the molecule is Cc1csc(CCNC(=O)C2CCCCC2N)n1. The van der Waals surface area contributed by atoms with E-state index in [1.807, 2.05) is 12.3 Å². The van der Waals surface area contributed by atoms with Gasteiger partial charge in [0, 0.05) is 30.1 Å². The highest BCUT2D eigenvalue weighted by Gasteiger charge is 2.27. The van der Waals surface area contributed by atoms with Crippen molar-refractivity contribution in [3.63, 3.8) is 0 Å². The lowest BCUT2D eigenvalue weighted by Crippen LogP contribution is -2.44. The molecule has 2 atom stereocenters. The number of nitrogens with two attached hydrogens (primary N) is 1. The number of carbonyl (C=O) groups is 1. The van der Waals surface area contributed by atoms with Crippen LogP contribution < -0.4 is 11.1 Å². The Morgan fingerprint density at radius 2 is 2.33 bits per heavy atom. The molecule has 1 amide bonds. The van der Waals surface area contributed by atoms with Gasteiger partial charge in [-0.2, -0.15) is 0 Å². The monoisotopic (exact) mass is 267 g/mol. The van der Waals surface area contributed by atoms with Crippen LogP contribution >= 0.6 is 11.3 Å². The second-order valence-electron chi connectivity index (χ2n) is 4.98. The summed E-state index contributed by atoms with van der Waals surface area (Å²) in [5.41, 5.74) is 7.05. The molecule has 0 saturated heterocycles. The number of carbonyl (C=O) groups excluding carboxylic acids is 1. The van der Waals surface area contributed by atoms with Crippen molar-refractivity contribution in [2.24, 2.45) is 11.7 Å². The molecular weight excluding hydrogens is 246 g/mol. The van der Waals surface area contributed by atoms with Gasteiger partial charge in [0.25, 0.3) is 0 Å². The Labute approximate surface area is 112 Å². The molecule has 0 spiro atoms. The quantitative estimate of drug-likeness (QED) is 0.871. The number of hydrogen-bond acceptors (Lipinski definition) is 4. The van der Waals surface area contributed by atoms with Gasteiger partial charge in [-0.05, 0) is 19.8 Å². The van der Waals surface area contributed by atoms with Crippen molar-refractivity contribution >= 4 is 17.2 Å². The number of rotatable bonds is 4. The summed E-state index contributed by atoms with van der Waals surface area (Å²) in [5, 5.41) is 6.11. The smallest absolute Gasteiger partial charge is 0.224 e. The van der Waals surface area contributed by atoms with E-state index in [1.165, 1.54) is 0 Å². The van der Waals surface area contributed by atoms with E-state index in [9.17, 15) is 4.79 Å². The lowest BCUT2D eigenvalue weighted by atomic mass is 9.84. The van der Waals surface area contributed by atoms with Crippen LogP contribution in [0.2, 0.25) is 0 Å². The highest BCUT2D eigenvalue weighted by molar-refractivity contribution is 7.09. The summed E-state index contributed by atoms with van der Waals surface area (Å²) in [6.07, 6.45) is 5.00. The number of nitrogens with zero attached hydrogens (tertiary/aromatic N) is 1. The molecule has 5 heteroatoms. The van der Waals surface area contributed by atoms with Crippen LogP contribution in [0.25, 0.3) is 0 Å². The molecule has 1 aromatic rings. The molecule has 0 aromatic carbocycles. The number of nitrogens with one attached hydrogen (secondary N) is 1. The van der Waals surface area contributed by atoms with Crippen molar-refractivity contribution in [2.45, 2.75) is 45.1 Å². The van der Waals surface area contributed by atoms with E-state index < -0.39 is 0 Å². The van der Waals surface area contributed by atoms with Crippen LogP contribution in [-0.2, 0) is 11.2 Å². The second-order valence-corrected chi connectivity index (χ2v) is 5.92. The normalized spacial score (nSPS) is 23.9. The number of aromatic nitrogens is 1. The van der Waals surface area contributed by atoms with Gasteiger partial charge in [-0.3, -0.25) is 4.79 Å². The van der Waals surface area contributed by atoms with E-state index >= 15 is 0 Å². The van der Waals surface area contributed by atoms with Gasteiger partial charge < -0.3 is 11.1 Å². The maximum atomic E-state index is 12.0. The average molecular weight is 267 g/mol. The number of hydrogen-bond donors (Lipinski definition) is 2. The summed E-state index contributed by atoms with van der Waals surface area (Å²) in [4.78, 5) is 16.4. The highest BCUT2D eigenvalue weighted by atomic mass is 32.1. The van der Waals surface area contributed by atoms with E-state index in [4.69, 9.17) is 5.73 Å². The molecule has 18 heavy (non-hydrogen) atoms. The molecule has 4 nitrogen and oxygen atoms in total. The Hall–Kier alpha value is -0.940. The average Bonchev–Trinajstić information content (AvgIpc) is 2.75. The molecule has 0 aliphatic heterocycles. The van der Waals surface area contributed by atoms with E-state index in [2.05, 4.69) is 10.3 Å². The molecule has 0 bridgehead atoms. The minimum atomic E-state index is 0.0109. The first-order valence-electron chi connectivity index (χ1n) is 6.61. The van der Waals surface area contributed by atoms with Gasteiger partial charge in [0.1, 0.15) is 0 Å². The zero-order chi connectivity index (χ0) is 13.0. The molecule has 2 unspecified atom stereocenters. The Kier molecular flexibility index (Phi) is 4.72. The molecule has 3 N–H and O–H groups in total. The number of amides is 1. The van der Waals surface area contributed by atoms with Crippen LogP contribution in [-0.4, -0.2) is 23.5 Å². The third-order valence-corrected chi connectivity index (χ3v) is 4.49. The molecule has 0 radical (unpaired) electrons. The van der Waals surface area contributed by atoms with Crippen molar-refractivity contribution in [1.82, 2.24) is 10.3 Å². The third-order valence-electron chi connectivity index (χ3n) is 3.46. The fraction of sp³-hybridized carbons (Fsp3) is 0.692. The standard InChI is InChI=1S/C13H21N3OS/c1-9-8-18-12(16-9)6-7-15-13(17)10-4-2-3-5-11(10)14/h8,10-11H,2-7,14H2,1H3,(H,15,17). The van der Waals surface area contributed by atoms with E-state index in [0.29, 0.717) is 6.54 Å². The van der Waals surface area contributed by atoms with E-state index in [1.54, 1.807) is 11.3 Å². The zero-order valence-electron chi connectivity index (χ0n) is 10.8. The first-order chi connectivity index (χ1) is 8.66. The molecule has 1 aromatic heterocycles. The van der Waals surface area contributed by atoms with Gasteiger partial charge in [-0.1, -0.05) is 12.8 Å². The summed E-state index contributed by atoms with van der Waals surface area (Å²) < 4.78 is 0. The predicted octanol–water partition coefficient (Wildman–Crippen LogP) is 1.63. The van der Waals surface area contributed by atoms with Gasteiger partial charge in [0.15, 0.2) is 0 Å². The second kappa shape index (κ2) is 6.29. The summed E-state index contributed by atoms with van der Waals surface area (Å²) in [6.45, 7) is 2.65. The minimum absolute atomic E-state index is 0.0109. The molecule has 1 fully saturated rings. The number of thiazole rings is 1. The van der Waals surface area contributed by atoms with Crippen molar-refractivity contribution < 1.29 is 4.79 Å². The first-order valence-corrected chi connectivity index (χ1v) is 7.49. The van der Waals surface area contributed by atoms with Gasteiger partial charge in [0.05, 0.1) is 10.9 Å². The summed E-state index contributed by atoms with van der Waals surface area (Å²) >= 11 is 1.65. The fourth-order valence-electron chi connectivity index (χ4n) is 2.43. The molecular formula is C13H21N3OS. The third kappa shape index (κ3) is 3.53. The number of aryl methyl sites for hydroxylation is 1. The molecule has 1 aliphatic rings. The lowest BCUT2D eigenvalue weighted by Gasteiger charge is -2.27. The summed E-state index contributed by atoms with van der Waals surface area (Å²) in [7, 11) is 0. The van der Waals surface area contributed by atoms with Gasteiger partial charge in [0.2, 0.25) is 5.91 Å². The van der Waals surface area contributed by atoms with E-state index in [0.717, 1.165) is 42.8 Å². The topological polar surface area (TPSA) is 68.0 Å². The minimum Gasteiger partial charge on any atom is -0.355 e. The molecule has 1 heterocycles. The lowest BCUT2D eigenvalue weighted by molar-refractivity contribution is -0.126.